The fraction of sp³-hybridized carbons (Fsp3) is 0.217. The molecule has 11 heteroatoms. The number of rotatable bonds is 9. The van der Waals surface area contributed by atoms with Gasteiger partial charge in [0.05, 0.1) is 29.4 Å². The highest BCUT2D eigenvalue weighted by molar-refractivity contribution is 7.92. The number of aromatic nitrogens is 4. The van der Waals surface area contributed by atoms with E-state index in [1.807, 2.05) is 13.0 Å². The van der Waals surface area contributed by atoms with E-state index in [2.05, 4.69) is 25.1 Å². The Bertz CT molecular complexity index is 1420. The summed E-state index contributed by atoms with van der Waals surface area (Å²) in [7, 11) is -2.31. The first-order valence-electron chi connectivity index (χ1n) is 10.7. The van der Waals surface area contributed by atoms with Gasteiger partial charge in [-0.3, -0.25) is 9.40 Å². The van der Waals surface area contributed by atoms with Crippen molar-refractivity contribution in [3.8, 4) is 0 Å². The molecule has 0 saturated carbocycles. The number of nitrogens with one attached hydrogen (secondary N) is 2. The van der Waals surface area contributed by atoms with Crippen LogP contribution in [0.15, 0.2) is 65.8 Å². The number of anilines is 3. The minimum Gasteiger partial charge on any atom is -0.462 e. The monoisotopic (exact) mass is 480 g/mol. The van der Waals surface area contributed by atoms with E-state index >= 15 is 0 Å². The van der Waals surface area contributed by atoms with Crippen molar-refractivity contribution in [2.24, 2.45) is 7.05 Å². The predicted molar refractivity (Wildman–Crippen MR) is 128 cm³/mol. The van der Waals surface area contributed by atoms with Crippen molar-refractivity contribution in [1.82, 2.24) is 19.7 Å². The maximum Gasteiger partial charge on any atom is 0.338 e. The molecule has 0 spiro atoms. The van der Waals surface area contributed by atoms with Crippen LogP contribution in [0.25, 0.3) is 11.0 Å². The Labute approximate surface area is 197 Å². The van der Waals surface area contributed by atoms with Crippen LogP contribution in [0.4, 0.5) is 17.3 Å². The molecule has 0 atom stereocenters. The van der Waals surface area contributed by atoms with Gasteiger partial charge in [0, 0.05) is 18.9 Å². The summed E-state index contributed by atoms with van der Waals surface area (Å²) in [4.78, 5) is 21.1. The molecular weight excluding hydrogens is 456 g/mol. The molecule has 2 aromatic carbocycles. The first-order chi connectivity index (χ1) is 16.4. The SMILES string of the molecule is CCCCOC(=O)c1ccc(Nc2nc3ccccc3nc2NS(=O)(=O)c2cnn(C)c2)cc1. The number of carbonyl (C=O) groups excluding carboxylic acids is 1. The third-order valence-corrected chi connectivity index (χ3v) is 6.20. The number of aryl methyl sites for hydroxylation is 1. The third-order valence-electron chi connectivity index (χ3n) is 4.91. The van der Waals surface area contributed by atoms with Gasteiger partial charge in [-0.1, -0.05) is 25.5 Å². The quantitative estimate of drug-likeness (QED) is 0.273. The van der Waals surface area contributed by atoms with Gasteiger partial charge in [-0.15, -0.1) is 0 Å². The van der Waals surface area contributed by atoms with E-state index in [-0.39, 0.29) is 16.5 Å². The molecule has 0 radical (unpaired) electrons. The molecule has 176 valence electrons. The van der Waals surface area contributed by atoms with E-state index in [0.717, 1.165) is 12.8 Å². The van der Waals surface area contributed by atoms with E-state index in [9.17, 15) is 13.2 Å². The van der Waals surface area contributed by atoms with Crippen LogP contribution in [0.2, 0.25) is 0 Å². The van der Waals surface area contributed by atoms with Crippen molar-refractivity contribution in [2.75, 3.05) is 16.6 Å². The van der Waals surface area contributed by atoms with Crippen LogP contribution in [0.5, 0.6) is 0 Å². The molecule has 0 unspecified atom stereocenters. The normalized spacial score (nSPS) is 11.4. The zero-order valence-corrected chi connectivity index (χ0v) is 19.5. The number of para-hydroxylation sites is 2. The molecule has 4 aromatic rings. The van der Waals surface area contributed by atoms with Crippen LogP contribution in [0.3, 0.4) is 0 Å². The minimum atomic E-state index is -3.94. The average Bonchev–Trinajstić information content (AvgIpc) is 3.27. The highest BCUT2D eigenvalue weighted by Crippen LogP contribution is 2.27. The number of esters is 1. The van der Waals surface area contributed by atoms with E-state index in [1.54, 1.807) is 49.5 Å². The maximum absolute atomic E-state index is 12.9. The lowest BCUT2D eigenvalue weighted by atomic mass is 10.2. The molecule has 0 aliphatic rings. The lowest BCUT2D eigenvalue weighted by Gasteiger charge is -2.13. The Kier molecular flexibility index (Phi) is 6.73. The first-order valence-corrected chi connectivity index (χ1v) is 12.2. The van der Waals surface area contributed by atoms with E-state index < -0.39 is 16.0 Å². The molecule has 0 aliphatic carbocycles. The number of fused-ring (bicyclic) bond motifs is 1. The number of nitrogens with zero attached hydrogens (tertiary/aromatic N) is 4. The van der Waals surface area contributed by atoms with Gasteiger partial charge in [0.25, 0.3) is 10.0 Å². The van der Waals surface area contributed by atoms with Gasteiger partial charge < -0.3 is 10.1 Å². The van der Waals surface area contributed by atoms with Gasteiger partial charge in [0.15, 0.2) is 11.6 Å². The second-order valence-electron chi connectivity index (χ2n) is 7.56. The van der Waals surface area contributed by atoms with Crippen LogP contribution in [-0.4, -0.2) is 40.7 Å². The molecule has 0 saturated heterocycles. The molecule has 10 nitrogen and oxygen atoms in total. The Morgan fingerprint density at radius 1 is 1.03 bits per heavy atom. The molecular formula is C23H24N6O4S. The van der Waals surface area contributed by atoms with Crippen molar-refractivity contribution < 1.29 is 17.9 Å². The Hall–Kier alpha value is -3.99. The Morgan fingerprint density at radius 2 is 1.71 bits per heavy atom. The number of benzene rings is 2. The zero-order valence-electron chi connectivity index (χ0n) is 18.7. The van der Waals surface area contributed by atoms with Gasteiger partial charge in [0.1, 0.15) is 4.90 Å². The van der Waals surface area contributed by atoms with E-state index in [1.165, 1.54) is 17.1 Å². The minimum absolute atomic E-state index is 0.00171. The second kappa shape index (κ2) is 9.87. The summed E-state index contributed by atoms with van der Waals surface area (Å²) in [5.74, 6) is -0.148. The number of sulfonamides is 1. The van der Waals surface area contributed by atoms with Crippen LogP contribution in [0.1, 0.15) is 30.1 Å². The van der Waals surface area contributed by atoms with Crippen molar-refractivity contribution in [3.63, 3.8) is 0 Å². The number of hydrogen-bond donors (Lipinski definition) is 2. The molecule has 2 aromatic heterocycles. The van der Waals surface area contributed by atoms with Crippen molar-refractivity contribution in [1.29, 1.82) is 0 Å². The number of hydrogen-bond acceptors (Lipinski definition) is 8. The Balaban J connectivity index is 1.62. The molecule has 2 heterocycles. The van der Waals surface area contributed by atoms with Crippen molar-refractivity contribution in [2.45, 2.75) is 24.7 Å². The smallest absolute Gasteiger partial charge is 0.338 e. The van der Waals surface area contributed by atoms with Crippen LogP contribution in [-0.2, 0) is 21.8 Å². The van der Waals surface area contributed by atoms with Crippen molar-refractivity contribution >= 4 is 44.3 Å². The van der Waals surface area contributed by atoms with Gasteiger partial charge in [-0.2, -0.15) is 5.10 Å². The lowest BCUT2D eigenvalue weighted by molar-refractivity contribution is 0.0499. The fourth-order valence-corrected chi connectivity index (χ4v) is 4.09. The molecule has 0 amide bonds. The van der Waals surface area contributed by atoms with Crippen LogP contribution < -0.4 is 10.0 Å². The number of ether oxygens (including phenoxy) is 1. The highest BCUT2D eigenvalue weighted by atomic mass is 32.2. The summed E-state index contributed by atoms with van der Waals surface area (Å²) in [6, 6.07) is 13.8. The molecule has 0 fully saturated rings. The molecule has 4 rings (SSSR count). The summed E-state index contributed by atoms with van der Waals surface area (Å²) in [5.41, 5.74) is 2.13. The van der Waals surface area contributed by atoms with Gasteiger partial charge in [0.2, 0.25) is 0 Å². The standard InChI is InChI=1S/C23H24N6O4S/c1-3-4-13-33-23(30)16-9-11-17(12-10-16)25-21-22(27-20-8-6-5-7-19(20)26-21)28-34(31,32)18-14-24-29(2)15-18/h5-12,14-15H,3-4,13H2,1-2H3,(H,25,26)(H,27,28). The molecule has 34 heavy (non-hydrogen) atoms. The Morgan fingerprint density at radius 3 is 2.32 bits per heavy atom. The molecule has 2 N–H and O–H groups in total. The first kappa shape index (κ1) is 23.2. The third kappa shape index (κ3) is 5.31. The fourth-order valence-electron chi connectivity index (χ4n) is 3.10. The lowest BCUT2D eigenvalue weighted by Crippen LogP contribution is -2.15. The van der Waals surface area contributed by atoms with E-state index in [0.29, 0.717) is 28.9 Å². The summed E-state index contributed by atoms with van der Waals surface area (Å²) in [6.07, 6.45) is 4.39. The summed E-state index contributed by atoms with van der Waals surface area (Å²) in [6.45, 7) is 2.40. The number of unbranched alkanes of at least 4 members (excludes halogenated alkanes) is 1. The maximum atomic E-state index is 12.9. The van der Waals surface area contributed by atoms with Crippen LogP contribution >= 0.6 is 0 Å². The van der Waals surface area contributed by atoms with Crippen LogP contribution in [0, 0.1) is 0 Å². The second-order valence-corrected chi connectivity index (χ2v) is 9.24. The largest absolute Gasteiger partial charge is 0.462 e. The van der Waals surface area contributed by atoms with Gasteiger partial charge in [-0.05, 0) is 42.8 Å². The predicted octanol–water partition coefficient (Wildman–Crippen LogP) is 3.86. The van der Waals surface area contributed by atoms with Crippen molar-refractivity contribution in [3.05, 3.63) is 66.5 Å². The zero-order chi connectivity index (χ0) is 24.1. The van der Waals surface area contributed by atoms with Gasteiger partial charge >= 0.3 is 5.97 Å². The summed E-state index contributed by atoms with van der Waals surface area (Å²) < 4.78 is 34.9. The molecule has 0 aliphatic heterocycles. The highest BCUT2D eigenvalue weighted by Gasteiger charge is 2.20. The number of carbonyl (C=O) groups is 1. The molecule has 0 bridgehead atoms. The average molecular weight is 481 g/mol. The topological polar surface area (TPSA) is 128 Å². The summed E-state index contributed by atoms with van der Waals surface area (Å²) in [5, 5.41) is 7.01. The van der Waals surface area contributed by atoms with E-state index in [4.69, 9.17) is 4.74 Å². The summed E-state index contributed by atoms with van der Waals surface area (Å²) >= 11 is 0. The van der Waals surface area contributed by atoms with Gasteiger partial charge in [-0.25, -0.2) is 23.2 Å².